The average Bonchev–Trinajstić information content (AvgIpc) is 2.46. The molecule has 0 saturated heterocycles. The third-order valence-corrected chi connectivity index (χ3v) is 3.85. The molecular weight excluding hydrogens is 238 g/mol. The Morgan fingerprint density at radius 1 is 1.26 bits per heavy atom. The zero-order valence-corrected chi connectivity index (χ0v) is 11.6. The summed E-state index contributed by atoms with van der Waals surface area (Å²) in [6.45, 7) is 4.26. The van der Waals surface area contributed by atoms with E-state index in [1.54, 1.807) is 12.4 Å². The number of hydrogen-bond acceptors (Lipinski definition) is 3. The van der Waals surface area contributed by atoms with Gasteiger partial charge in [-0.25, -0.2) is 0 Å². The van der Waals surface area contributed by atoms with Crippen molar-refractivity contribution in [3.8, 4) is 0 Å². The second kappa shape index (κ2) is 7.24. The lowest BCUT2D eigenvalue weighted by Crippen LogP contribution is -2.31. The highest BCUT2D eigenvalue weighted by Gasteiger charge is 2.25. The van der Waals surface area contributed by atoms with Crippen LogP contribution in [0.25, 0.3) is 0 Å². The van der Waals surface area contributed by atoms with Gasteiger partial charge in [0.1, 0.15) is 0 Å². The van der Waals surface area contributed by atoms with Crippen LogP contribution >= 0.6 is 0 Å². The number of pyridine rings is 1. The van der Waals surface area contributed by atoms with Crippen LogP contribution in [0.5, 0.6) is 0 Å². The molecule has 0 unspecified atom stereocenters. The molecule has 1 saturated carbocycles. The van der Waals surface area contributed by atoms with Crippen LogP contribution in [0.2, 0.25) is 0 Å². The maximum atomic E-state index is 12.1. The van der Waals surface area contributed by atoms with Crippen molar-refractivity contribution in [1.29, 1.82) is 0 Å². The van der Waals surface area contributed by atoms with Crippen LogP contribution in [0, 0.1) is 11.8 Å². The first-order valence-electron chi connectivity index (χ1n) is 7.21. The van der Waals surface area contributed by atoms with E-state index in [1.165, 1.54) is 0 Å². The number of carbonyl (C=O) groups excluding carboxylic acids is 1. The van der Waals surface area contributed by atoms with Crippen molar-refractivity contribution in [3.05, 3.63) is 24.5 Å². The minimum Gasteiger partial charge on any atom is -0.326 e. The molecule has 4 nitrogen and oxygen atoms in total. The molecule has 1 aliphatic carbocycles. The topological polar surface area (TPSA) is 54.0 Å². The van der Waals surface area contributed by atoms with Crippen molar-refractivity contribution in [2.75, 3.05) is 18.4 Å². The van der Waals surface area contributed by atoms with Crippen molar-refractivity contribution in [3.63, 3.8) is 0 Å². The Morgan fingerprint density at radius 2 is 1.95 bits per heavy atom. The van der Waals surface area contributed by atoms with E-state index >= 15 is 0 Å². The zero-order valence-electron chi connectivity index (χ0n) is 11.6. The quantitative estimate of drug-likeness (QED) is 0.856. The summed E-state index contributed by atoms with van der Waals surface area (Å²) >= 11 is 0. The molecule has 0 aliphatic heterocycles. The van der Waals surface area contributed by atoms with E-state index in [0.29, 0.717) is 0 Å². The molecule has 1 fully saturated rings. The number of carbonyl (C=O) groups is 1. The van der Waals surface area contributed by atoms with Crippen LogP contribution in [0.4, 0.5) is 5.69 Å². The number of nitrogens with zero attached hydrogens (tertiary/aromatic N) is 1. The number of amides is 1. The third kappa shape index (κ3) is 4.31. The molecule has 0 spiro atoms. The van der Waals surface area contributed by atoms with Crippen LogP contribution in [-0.4, -0.2) is 24.0 Å². The Bertz CT molecular complexity index is 386. The van der Waals surface area contributed by atoms with Gasteiger partial charge in [0.2, 0.25) is 5.91 Å². The first-order valence-corrected chi connectivity index (χ1v) is 7.21. The van der Waals surface area contributed by atoms with Gasteiger partial charge in [0.25, 0.3) is 0 Å². The fourth-order valence-corrected chi connectivity index (χ4v) is 2.66. The summed E-state index contributed by atoms with van der Waals surface area (Å²) < 4.78 is 0. The largest absolute Gasteiger partial charge is 0.326 e. The van der Waals surface area contributed by atoms with Crippen LogP contribution in [0.15, 0.2) is 24.5 Å². The van der Waals surface area contributed by atoms with Gasteiger partial charge in [0, 0.05) is 24.0 Å². The van der Waals surface area contributed by atoms with Crippen molar-refractivity contribution in [2.24, 2.45) is 11.8 Å². The molecule has 0 aromatic carbocycles. The van der Waals surface area contributed by atoms with Gasteiger partial charge < -0.3 is 10.6 Å². The van der Waals surface area contributed by atoms with E-state index < -0.39 is 0 Å². The van der Waals surface area contributed by atoms with Crippen LogP contribution < -0.4 is 10.6 Å². The normalized spacial score (nSPS) is 23.0. The second-order valence-corrected chi connectivity index (χ2v) is 5.25. The average molecular weight is 261 g/mol. The number of nitrogens with one attached hydrogen (secondary N) is 2. The van der Waals surface area contributed by atoms with E-state index in [1.807, 2.05) is 12.1 Å². The van der Waals surface area contributed by atoms with E-state index in [0.717, 1.165) is 50.4 Å². The fourth-order valence-electron chi connectivity index (χ4n) is 2.66. The first-order chi connectivity index (χ1) is 9.29. The van der Waals surface area contributed by atoms with Gasteiger partial charge in [-0.1, -0.05) is 6.92 Å². The summed E-state index contributed by atoms with van der Waals surface area (Å²) in [5.41, 5.74) is 0.842. The predicted octanol–water partition coefficient (Wildman–Crippen LogP) is 2.44. The Morgan fingerprint density at radius 3 is 2.58 bits per heavy atom. The molecule has 1 amide bonds. The number of aromatic nitrogens is 1. The van der Waals surface area contributed by atoms with Crippen molar-refractivity contribution < 1.29 is 4.79 Å². The summed E-state index contributed by atoms with van der Waals surface area (Å²) in [5.74, 6) is 1.07. The fraction of sp³-hybridized carbons (Fsp3) is 0.600. The molecule has 4 heteroatoms. The Kier molecular flexibility index (Phi) is 5.33. The predicted molar refractivity (Wildman–Crippen MR) is 76.9 cm³/mol. The van der Waals surface area contributed by atoms with Crippen molar-refractivity contribution in [2.45, 2.75) is 32.6 Å². The molecule has 19 heavy (non-hydrogen) atoms. The minimum atomic E-state index is 0.160. The molecule has 104 valence electrons. The first kappa shape index (κ1) is 14.0. The number of hydrogen-bond donors (Lipinski definition) is 2. The van der Waals surface area contributed by atoms with E-state index in [-0.39, 0.29) is 11.8 Å². The van der Waals surface area contributed by atoms with Gasteiger partial charge in [-0.3, -0.25) is 9.78 Å². The van der Waals surface area contributed by atoms with E-state index in [4.69, 9.17) is 0 Å². The van der Waals surface area contributed by atoms with Gasteiger partial charge in [-0.05, 0) is 56.8 Å². The molecule has 0 bridgehead atoms. The van der Waals surface area contributed by atoms with E-state index in [2.05, 4.69) is 22.5 Å². The molecule has 0 radical (unpaired) electrons. The van der Waals surface area contributed by atoms with Gasteiger partial charge >= 0.3 is 0 Å². The lowest BCUT2D eigenvalue weighted by Gasteiger charge is -2.27. The van der Waals surface area contributed by atoms with Crippen LogP contribution in [0.1, 0.15) is 32.6 Å². The van der Waals surface area contributed by atoms with E-state index in [9.17, 15) is 4.79 Å². The molecule has 1 aromatic rings. The third-order valence-electron chi connectivity index (χ3n) is 3.85. The molecule has 0 atom stereocenters. The molecule has 1 aromatic heterocycles. The maximum Gasteiger partial charge on any atom is 0.227 e. The summed E-state index contributed by atoms with van der Waals surface area (Å²) in [5, 5.41) is 6.37. The van der Waals surface area contributed by atoms with Gasteiger partial charge in [-0.15, -0.1) is 0 Å². The molecule has 2 N–H and O–H groups in total. The Balaban J connectivity index is 1.76. The zero-order chi connectivity index (χ0) is 13.5. The summed E-state index contributed by atoms with van der Waals surface area (Å²) in [7, 11) is 0. The molecule has 1 heterocycles. The SMILES string of the molecule is CCNCC1CCC(C(=O)Nc2ccncc2)CC1. The van der Waals surface area contributed by atoms with Crippen LogP contribution in [-0.2, 0) is 4.79 Å². The molecular formula is C15H23N3O. The highest BCUT2D eigenvalue weighted by molar-refractivity contribution is 5.92. The molecule has 1 aliphatic rings. The summed E-state index contributed by atoms with van der Waals surface area (Å²) in [6, 6.07) is 3.66. The number of rotatable bonds is 5. The summed E-state index contributed by atoms with van der Waals surface area (Å²) in [6.07, 6.45) is 7.72. The lowest BCUT2D eigenvalue weighted by atomic mass is 9.81. The second-order valence-electron chi connectivity index (χ2n) is 5.25. The van der Waals surface area contributed by atoms with Crippen molar-refractivity contribution >= 4 is 11.6 Å². The highest BCUT2D eigenvalue weighted by atomic mass is 16.1. The van der Waals surface area contributed by atoms with Crippen molar-refractivity contribution in [1.82, 2.24) is 10.3 Å². The minimum absolute atomic E-state index is 0.160. The lowest BCUT2D eigenvalue weighted by molar-refractivity contribution is -0.121. The smallest absolute Gasteiger partial charge is 0.227 e. The molecule has 2 rings (SSSR count). The summed E-state index contributed by atoms with van der Waals surface area (Å²) in [4.78, 5) is 16.1. The Labute approximate surface area is 115 Å². The van der Waals surface area contributed by atoms with Gasteiger partial charge in [-0.2, -0.15) is 0 Å². The van der Waals surface area contributed by atoms with Gasteiger partial charge in [0.15, 0.2) is 0 Å². The number of anilines is 1. The highest BCUT2D eigenvalue weighted by Crippen LogP contribution is 2.29. The van der Waals surface area contributed by atoms with Gasteiger partial charge in [0.05, 0.1) is 0 Å². The monoisotopic (exact) mass is 261 g/mol. The maximum absolute atomic E-state index is 12.1. The standard InChI is InChI=1S/C15H23N3O/c1-2-16-11-12-3-5-13(6-4-12)15(19)18-14-7-9-17-10-8-14/h7-10,12-13,16H,2-6,11H2,1H3,(H,17,18,19). The Hall–Kier alpha value is -1.42. The van der Waals surface area contributed by atoms with Crippen LogP contribution in [0.3, 0.4) is 0 Å².